The molecule has 1 unspecified atom stereocenters. The number of halogens is 2. The van der Waals surface area contributed by atoms with E-state index in [-0.39, 0.29) is 19.0 Å². The van der Waals surface area contributed by atoms with Crippen LogP contribution in [0.3, 0.4) is 0 Å². The number of benzene rings is 1. The topological polar surface area (TPSA) is 124 Å². The van der Waals surface area contributed by atoms with Crippen LogP contribution in [-0.4, -0.2) is 72.1 Å². The molecule has 3 aliphatic rings. The quantitative estimate of drug-likeness (QED) is 0.391. The van der Waals surface area contributed by atoms with Crippen molar-refractivity contribution in [3.05, 3.63) is 54.5 Å². The predicted molar refractivity (Wildman–Crippen MR) is 141 cm³/mol. The second-order valence-electron chi connectivity index (χ2n) is 10.9. The summed E-state index contributed by atoms with van der Waals surface area (Å²) in [5, 5.41) is 19.5. The third kappa shape index (κ3) is 4.13. The van der Waals surface area contributed by atoms with E-state index in [0.29, 0.717) is 24.5 Å². The van der Waals surface area contributed by atoms with Gasteiger partial charge in [0.15, 0.2) is 5.82 Å². The minimum absolute atomic E-state index is 0.0401. The van der Waals surface area contributed by atoms with Gasteiger partial charge in [0.25, 0.3) is 5.92 Å². The Kier molecular flexibility index (Phi) is 5.86. The van der Waals surface area contributed by atoms with Gasteiger partial charge in [-0.25, -0.2) is 18.3 Å². The van der Waals surface area contributed by atoms with E-state index in [0.717, 1.165) is 40.9 Å². The van der Waals surface area contributed by atoms with Crippen molar-refractivity contribution >= 4 is 17.2 Å². The molecule has 40 heavy (non-hydrogen) atoms. The van der Waals surface area contributed by atoms with Gasteiger partial charge in [-0.2, -0.15) is 10.2 Å². The number of nitrogens with zero attached hydrogens (tertiary/aromatic N) is 6. The number of aliphatic hydroxyl groups excluding tert-OH is 1. The number of carbonyl (C=O) groups excluding carboxylic acids is 1. The molecule has 2 aliphatic heterocycles. The summed E-state index contributed by atoms with van der Waals surface area (Å²) < 4.78 is 36.7. The summed E-state index contributed by atoms with van der Waals surface area (Å²) >= 11 is 0. The van der Waals surface area contributed by atoms with E-state index in [1.54, 1.807) is 10.7 Å². The number of nitrogen functional groups attached to an aromatic ring is 1. The smallest absolute Gasteiger partial charge is 0.260 e. The van der Waals surface area contributed by atoms with Crippen LogP contribution in [0.4, 0.5) is 14.6 Å². The highest BCUT2D eigenvalue weighted by atomic mass is 19.3. The Morgan fingerprint density at radius 2 is 1.93 bits per heavy atom. The van der Waals surface area contributed by atoms with Crippen molar-refractivity contribution < 1.29 is 23.4 Å². The molecule has 3 aromatic heterocycles. The second kappa shape index (κ2) is 9.34. The number of anilines is 1. The number of ether oxygens (including phenoxy) is 1. The fourth-order valence-electron chi connectivity index (χ4n) is 6.18. The molecule has 12 heteroatoms. The fraction of sp³-hybridized carbons (Fsp3) is 0.429. The number of hydrogen-bond donors (Lipinski definition) is 2. The van der Waals surface area contributed by atoms with Gasteiger partial charge in [-0.15, -0.1) is 0 Å². The van der Waals surface area contributed by atoms with Gasteiger partial charge in [-0.1, -0.05) is 18.2 Å². The van der Waals surface area contributed by atoms with Crippen LogP contribution in [0.2, 0.25) is 0 Å². The molecule has 1 aromatic carbocycles. The van der Waals surface area contributed by atoms with E-state index in [2.05, 4.69) is 15.2 Å². The maximum atomic E-state index is 13.7. The standard InChI is InChI=1S/C28H29F2N7O3/c29-28(30)13-21(28)27(39)35-14-19(38)11-23(35)16-2-1-3-17(10-16)24-12-20(25-26(31)32-15-34-37(24)25)22-4-7-33-36(22)18-5-8-40-9-6-18/h1-4,7,10,12,15,18-19,21,23,38H,5-6,8-9,11,13-14H2,(H2,31,32,34)/t19-,21?,23+/m1/s1. The van der Waals surface area contributed by atoms with Gasteiger partial charge in [0, 0.05) is 43.5 Å². The number of amides is 1. The van der Waals surface area contributed by atoms with Crippen LogP contribution >= 0.6 is 0 Å². The first-order chi connectivity index (χ1) is 19.3. The molecule has 1 amide bonds. The fourth-order valence-corrected chi connectivity index (χ4v) is 6.18. The van der Waals surface area contributed by atoms with Crippen LogP contribution in [0.15, 0.2) is 48.9 Å². The zero-order valence-electron chi connectivity index (χ0n) is 21.7. The Labute approximate surface area is 228 Å². The van der Waals surface area contributed by atoms with Gasteiger partial charge in [0.2, 0.25) is 5.91 Å². The van der Waals surface area contributed by atoms with Crippen LogP contribution in [0.25, 0.3) is 28.0 Å². The summed E-state index contributed by atoms with van der Waals surface area (Å²) in [5.74, 6) is -4.54. The summed E-state index contributed by atoms with van der Waals surface area (Å²) in [6.45, 7) is 1.40. The zero-order chi connectivity index (χ0) is 27.6. The van der Waals surface area contributed by atoms with Crippen LogP contribution in [-0.2, 0) is 9.53 Å². The maximum absolute atomic E-state index is 13.7. The zero-order valence-corrected chi connectivity index (χ0v) is 21.7. The predicted octanol–water partition coefficient (Wildman–Crippen LogP) is 3.48. The van der Waals surface area contributed by atoms with Crippen LogP contribution < -0.4 is 5.73 Å². The first-order valence-corrected chi connectivity index (χ1v) is 13.5. The molecule has 2 saturated heterocycles. The number of β-amino-alcohol motifs (C(OH)–C–C–N with tert-alkyl or cyclic N) is 1. The summed E-state index contributed by atoms with van der Waals surface area (Å²) in [6, 6.07) is 11.2. The highest BCUT2D eigenvalue weighted by Gasteiger charge is 2.63. The molecular formula is C28H29F2N7O3. The lowest BCUT2D eigenvalue weighted by Gasteiger charge is -2.25. The molecule has 3 atom stereocenters. The Morgan fingerprint density at radius 1 is 1.12 bits per heavy atom. The number of aromatic nitrogens is 5. The molecule has 5 heterocycles. The summed E-state index contributed by atoms with van der Waals surface area (Å²) in [5.41, 5.74) is 11.1. The number of fused-ring (bicyclic) bond motifs is 1. The van der Waals surface area contributed by atoms with Crippen LogP contribution in [0.5, 0.6) is 0 Å². The minimum atomic E-state index is -2.96. The molecular weight excluding hydrogens is 520 g/mol. The molecule has 3 fully saturated rings. The van der Waals surface area contributed by atoms with Gasteiger partial charge in [0.1, 0.15) is 17.8 Å². The SMILES string of the molecule is Nc1ncnn2c(-c3cccc([C@@H]4C[C@@H](O)CN4C(=O)C4CC4(F)F)c3)cc(-c3ccnn3C3CCOCC3)c12. The first kappa shape index (κ1) is 25.1. The molecule has 3 N–H and O–H groups in total. The Balaban J connectivity index is 1.29. The second-order valence-corrected chi connectivity index (χ2v) is 10.9. The number of hydrogen-bond acceptors (Lipinski definition) is 7. The van der Waals surface area contributed by atoms with E-state index >= 15 is 0 Å². The molecule has 7 rings (SSSR count). The van der Waals surface area contributed by atoms with E-state index in [1.165, 1.54) is 11.2 Å². The van der Waals surface area contributed by atoms with Crippen LogP contribution in [0.1, 0.15) is 43.3 Å². The molecule has 0 radical (unpaired) electrons. The van der Waals surface area contributed by atoms with E-state index < -0.39 is 36.3 Å². The molecule has 1 saturated carbocycles. The summed E-state index contributed by atoms with van der Waals surface area (Å²) in [7, 11) is 0. The molecule has 1 aliphatic carbocycles. The summed E-state index contributed by atoms with van der Waals surface area (Å²) in [6.07, 6.45) is 3.97. The largest absolute Gasteiger partial charge is 0.391 e. The number of nitrogens with two attached hydrogens (primary N) is 1. The van der Waals surface area contributed by atoms with Crippen molar-refractivity contribution in [2.24, 2.45) is 5.92 Å². The van der Waals surface area contributed by atoms with Crippen molar-refractivity contribution in [3.63, 3.8) is 0 Å². The van der Waals surface area contributed by atoms with Crippen molar-refractivity contribution in [2.75, 3.05) is 25.5 Å². The maximum Gasteiger partial charge on any atom is 0.260 e. The van der Waals surface area contributed by atoms with Crippen molar-refractivity contribution in [3.8, 4) is 22.5 Å². The van der Waals surface area contributed by atoms with Crippen LogP contribution in [0, 0.1) is 5.92 Å². The number of carbonyl (C=O) groups is 1. The van der Waals surface area contributed by atoms with Gasteiger partial charge in [-0.3, -0.25) is 9.48 Å². The highest BCUT2D eigenvalue weighted by molar-refractivity contribution is 5.91. The number of aliphatic hydroxyl groups is 1. The normalized spacial score (nSPS) is 24.6. The average molecular weight is 550 g/mol. The average Bonchev–Trinajstić information content (AvgIpc) is 3.39. The molecule has 0 spiro atoms. The summed E-state index contributed by atoms with van der Waals surface area (Å²) in [4.78, 5) is 18.5. The first-order valence-electron chi connectivity index (χ1n) is 13.5. The Bertz CT molecular complexity index is 1600. The number of rotatable bonds is 5. The Hall–Kier alpha value is -3.90. The van der Waals surface area contributed by atoms with Gasteiger partial charge < -0.3 is 20.5 Å². The number of alkyl halides is 2. The third-order valence-electron chi connectivity index (χ3n) is 8.32. The van der Waals surface area contributed by atoms with Crippen molar-refractivity contribution in [1.82, 2.24) is 29.3 Å². The van der Waals surface area contributed by atoms with Crippen molar-refractivity contribution in [2.45, 2.75) is 49.8 Å². The van der Waals surface area contributed by atoms with E-state index in [1.807, 2.05) is 41.1 Å². The third-order valence-corrected chi connectivity index (χ3v) is 8.32. The number of likely N-dealkylation sites (tertiary alicyclic amines) is 1. The van der Waals surface area contributed by atoms with E-state index in [4.69, 9.17) is 10.5 Å². The van der Waals surface area contributed by atoms with Gasteiger partial charge in [-0.05, 0) is 43.0 Å². The lowest BCUT2D eigenvalue weighted by atomic mass is 9.99. The lowest BCUT2D eigenvalue weighted by Crippen LogP contribution is -2.34. The molecule has 4 aromatic rings. The molecule has 0 bridgehead atoms. The van der Waals surface area contributed by atoms with Gasteiger partial charge >= 0.3 is 0 Å². The lowest BCUT2D eigenvalue weighted by molar-refractivity contribution is -0.136. The van der Waals surface area contributed by atoms with E-state index in [9.17, 15) is 18.7 Å². The molecule has 208 valence electrons. The monoisotopic (exact) mass is 549 g/mol. The van der Waals surface area contributed by atoms with Crippen molar-refractivity contribution in [1.29, 1.82) is 0 Å². The minimum Gasteiger partial charge on any atom is -0.391 e. The molecule has 10 nitrogen and oxygen atoms in total. The van der Waals surface area contributed by atoms with Gasteiger partial charge in [0.05, 0.1) is 29.6 Å². The highest BCUT2D eigenvalue weighted by Crippen LogP contribution is 2.51. The Morgan fingerprint density at radius 3 is 2.70 bits per heavy atom.